The Labute approximate surface area is 128 Å². The summed E-state index contributed by atoms with van der Waals surface area (Å²) in [6.07, 6.45) is 4.16. The van der Waals surface area contributed by atoms with E-state index < -0.39 is 0 Å². The summed E-state index contributed by atoms with van der Waals surface area (Å²) in [5.41, 5.74) is 2.06. The Kier molecular flexibility index (Phi) is 5.25. The Balaban J connectivity index is 1.93. The maximum absolute atomic E-state index is 9.56. The van der Waals surface area contributed by atoms with Crippen LogP contribution in [0.2, 0.25) is 0 Å². The van der Waals surface area contributed by atoms with Crippen molar-refractivity contribution in [2.24, 2.45) is 5.92 Å². The molecular formula is C18H26N2O. The summed E-state index contributed by atoms with van der Waals surface area (Å²) in [5.74, 6) is 1.37. The lowest BCUT2D eigenvalue weighted by molar-refractivity contribution is 0.233. The summed E-state index contributed by atoms with van der Waals surface area (Å²) in [7, 11) is 0. The Hall–Kier alpha value is -1.53. The van der Waals surface area contributed by atoms with Gasteiger partial charge in [0, 0.05) is 0 Å². The van der Waals surface area contributed by atoms with Crippen molar-refractivity contribution in [1.29, 1.82) is 5.26 Å². The molecule has 1 aliphatic carbocycles. The van der Waals surface area contributed by atoms with Crippen LogP contribution in [0.5, 0.6) is 5.75 Å². The monoisotopic (exact) mass is 286 g/mol. The first kappa shape index (κ1) is 15.9. The number of nitrogens with zero attached hydrogens (tertiary/aromatic N) is 1. The molecule has 1 aliphatic rings. The van der Waals surface area contributed by atoms with Crippen LogP contribution in [0.25, 0.3) is 0 Å². The minimum Gasteiger partial charge on any atom is -0.493 e. The van der Waals surface area contributed by atoms with Crippen molar-refractivity contribution in [3.63, 3.8) is 0 Å². The average Bonchev–Trinajstić information content (AvgIpc) is 2.86. The average molecular weight is 286 g/mol. The highest BCUT2D eigenvalue weighted by Crippen LogP contribution is 2.37. The van der Waals surface area contributed by atoms with Crippen LogP contribution in [0, 0.1) is 31.1 Å². The normalized spacial score (nSPS) is 24.8. The number of hydrogen-bond donors (Lipinski definition) is 1. The number of rotatable bonds is 6. The third-order valence-corrected chi connectivity index (χ3v) is 4.58. The molecule has 1 saturated carbocycles. The van der Waals surface area contributed by atoms with E-state index in [-0.39, 0.29) is 5.54 Å². The second-order valence-corrected chi connectivity index (χ2v) is 6.11. The quantitative estimate of drug-likeness (QED) is 0.866. The minimum atomic E-state index is -0.334. The Morgan fingerprint density at radius 2 is 2.24 bits per heavy atom. The SMILES string of the molecule is CCNC1(C#N)CCCC1CCOc1cc(C)ccc1C. The summed E-state index contributed by atoms with van der Waals surface area (Å²) in [6.45, 7) is 7.75. The van der Waals surface area contributed by atoms with Gasteiger partial charge in [-0.3, -0.25) is 5.32 Å². The van der Waals surface area contributed by atoms with Crippen LogP contribution in [-0.2, 0) is 0 Å². The van der Waals surface area contributed by atoms with Crippen LogP contribution in [0.4, 0.5) is 0 Å². The molecule has 0 aromatic heterocycles. The van der Waals surface area contributed by atoms with Crippen LogP contribution in [0.1, 0.15) is 43.7 Å². The maximum atomic E-state index is 9.56. The Bertz CT molecular complexity index is 520. The van der Waals surface area contributed by atoms with Gasteiger partial charge in [0.25, 0.3) is 0 Å². The number of nitrogens with one attached hydrogen (secondary N) is 1. The van der Waals surface area contributed by atoms with E-state index in [4.69, 9.17) is 4.74 Å². The third-order valence-electron chi connectivity index (χ3n) is 4.58. The van der Waals surface area contributed by atoms with E-state index in [0.717, 1.165) is 38.0 Å². The van der Waals surface area contributed by atoms with Gasteiger partial charge in [0.05, 0.1) is 12.7 Å². The summed E-state index contributed by atoms with van der Waals surface area (Å²) in [5, 5.41) is 13.0. The van der Waals surface area contributed by atoms with Crippen LogP contribution >= 0.6 is 0 Å². The molecule has 2 unspecified atom stereocenters. The highest BCUT2D eigenvalue weighted by atomic mass is 16.5. The molecule has 3 nitrogen and oxygen atoms in total. The molecule has 0 spiro atoms. The molecule has 1 aromatic rings. The number of nitriles is 1. The zero-order valence-corrected chi connectivity index (χ0v) is 13.4. The van der Waals surface area contributed by atoms with E-state index in [2.05, 4.69) is 50.4 Å². The Morgan fingerprint density at radius 3 is 2.95 bits per heavy atom. The fourth-order valence-electron chi connectivity index (χ4n) is 3.38. The van der Waals surface area contributed by atoms with Crippen LogP contribution in [0.3, 0.4) is 0 Å². The molecule has 0 amide bonds. The molecule has 0 aliphatic heterocycles. The van der Waals surface area contributed by atoms with Gasteiger partial charge in [-0.05, 0) is 62.8 Å². The van der Waals surface area contributed by atoms with Crippen molar-refractivity contribution in [2.75, 3.05) is 13.2 Å². The smallest absolute Gasteiger partial charge is 0.122 e. The van der Waals surface area contributed by atoms with Gasteiger partial charge in [-0.2, -0.15) is 5.26 Å². The van der Waals surface area contributed by atoms with Gasteiger partial charge in [0.15, 0.2) is 0 Å². The summed E-state index contributed by atoms with van der Waals surface area (Å²) in [4.78, 5) is 0. The number of hydrogen-bond acceptors (Lipinski definition) is 3. The van der Waals surface area contributed by atoms with Gasteiger partial charge in [-0.25, -0.2) is 0 Å². The zero-order chi connectivity index (χ0) is 15.3. The van der Waals surface area contributed by atoms with Gasteiger partial charge < -0.3 is 4.74 Å². The van der Waals surface area contributed by atoms with E-state index in [9.17, 15) is 5.26 Å². The molecule has 3 heteroatoms. The molecular weight excluding hydrogens is 260 g/mol. The van der Waals surface area contributed by atoms with Gasteiger partial charge >= 0.3 is 0 Å². The van der Waals surface area contributed by atoms with E-state index in [1.54, 1.807) is 0 Å². The van der Waals surface area contributed by atoms with E-state index in [1.165, 1.54) is 11.1 Å². The van der Waals surface area contributed by atoms with E-state index >= 15 is 0 Å². The highest BCUT2D eigenvalue weighted by Gasteiger charge is 2.42. The van der Waals surface area contributed by atoms with E-state index in [1.807, 2.05) is 0 Å². The van der Waals surface area contributed by atoms with Crippen molar-refractivity contribution in [3.05, 3.63) is 29.3 Å². The molecule has 0 radical (unpaired) electrons. The summed E-state index contributed by atoms with van der Waals surface area (Å²) < 4.78 is 5.96. The maximum Gasteiger partial charge on any atom is 0.122 e. The lowest BCUT2D eigenvalue weighted by Crippen LogP contribution is -2.47. The van der Waals surface area contributed by atoms with Crippen LogP contribution in [-0.4, -0.2) is 18.7 Å². The molecule has 21 heavy (non-hydrogen) atoms. The predicted octanol–water partition coefficient (Wildman–Crippen LogP) is 3.74. The number of aryl methyl sites for hydroxylation is 2. The lowest BCUT2D eigenvalue weighted by atomic mass is 9.86. The summed E-state index contributed by atoms with van der Waals surface area (Å²) in [6, 6.07) is 8.82. The molecule has 1 fully saturated rings. The van der Waals surface area contributed by atoms with Gasteiger partial charge in [-0.1, -0.05) is 25.5 Å². The largest absolute Gasteiger partial charge is 0.493 e. The van der Waals surface area contributed by atoms with Gasteiger partial charge in [0.2, 0.25) is 0 Å². The molecule has 2 rings (SSSR count). The first-order chi connectivity index (χ1) is 10.1. The zero-order valence-electron chi connectivity index (χ0n) is 13.4. The number of benzene rings is 1. The van der Waals surface area contributed by atoms with Crippen molar-refractivity contribution in [1.82, 2.24) is 5.32 Å². The second kappa shape index (κ2) is 6.95. The molecule has 0 heterocycles. The Morgan fingerprint density at radius 1 is 1.43 bits per heavy atom. The van der Waals surface area contributed by atoms with Crippen molar-refractivity contribution < 1.29 is 4.74 Å². The lowest BCUT2D eigenvalue weighted by Gasteiger charge is -2.29. The molecule has 0 bridgehead atoms. The summed E-state index contributed by atoms with van der Waals surface area (Å²) >= 11 is 0. The predicted molar refractivity (Wildman–Crippen MR) is 85.4 cm³/mol. The topological polar surface area (TPSA) is 45.0 Å². The number of ether oxygens (including phenoxy) is 1. The standard InChI is InChI=1S/C18H26N2O/c1-4-20-18(13-19)10-5-6-16(18)9-11-21-17-12-14(2)7-8-15(17)3/h7-8,12,16,20H,4-6,9-11H2,1-3H3. The van der Waals surface area contributed by atoms with Crippen LogP contribution < -0.4 is 10.1 Å². The molecule has 0 saturated heterocycles. The fourth-order valence-corrected chi connectivity index (χ4v) is 3.38. The minimum absolute atomic E-state index is 0.334. The fraction of sp³-hybridized carbons (Fsp3) is 0.611. The van der Waals surface area contributed by atoms with Crippen molar-refractivity contribution in [3.8, 4) is 11.8 Å². The van der Waals surface area contributed by atoms with Gasteiger partial charge in [0.1, 0.15) is 11.3 Å². The first-order valence-corrected chi connectivity index (χ1v) is 7.97. The van der Waals surface area contributed by atoms with Gasteiger partial charge in [-0.15, -0.1) is 0 Å². The molecule has 2 atom stereocenters. The van der Waals surface area contributed by atoms with Crippen molar-refractivity contribution in [2.45, 2.75) is 52.0 Å². The molecule has 1 aromatic carbocycles. The van der Waals surface area contributed by atoms with Crippen molar-refractivity contribution >= 4 is 0 Å². The van der Waals surface area contributed by atoms with E-state index in [0.29, 0.717) is 12.5 Å². The molecule has 1 N–H and O–H groups in total. The second-order valence-electron chi connectivity index (χ2n) is 6.11. The van der Waals surface area contributed by atoms with Crippen LogP contribution in [0.15, 0.2) is 18.2 Å². The third kappa shape index (κ3) is 3.57. The molecule has 114 valence electrons. The highest BCUT2D eigenvalue weighted by molar-refractivity contribution is 5.35. The first-order valence-electron chi connectivity index (χ1n) is 7.97.